The Labute approximate surface area is 123 Å². The van der Waals surface area contributed by atoms with Crippen LogP contribution in [-0.4, -0.2) is 55.0 Å². The van der Waals surface area contributed by atoms with Gasteiger partial charge in [0.2, 0.25) is 5.91 Å². The molecule has 1 atom stereocenters. The van der Waals surface area contributed by atoms with Crippen molar-refractivity contribution in [1.82, 2.24) is 15.1 Å². The highest BCUT2D eigenvalue weighted by molar-refractivity contribution is 5.85. The molecule has 0 spiro atoms. The molecular weight excluding hydrogens is 270 g/mol. The standard InChI is InChI=1S/C15H19N3O3/c1-21-12-4-2-3-11(9-12)13-5-7-18(13)14(19)10-17-8-6-16-15(17)20/h2-4,9,13H,5-8,10H2,1H3,(H,16,20)/t13-/m0/s1. The van der Waals surface area contributed by atoms with E-state index < -0.39 is 0 Å². The maximum atomic E-state index is 12.3. The van der Waals surface area contributed by atoms with Gasteiger partial charge in [0.05, 0.1) is 13.2 Å². The zero-order valence-electron chi connectivity index (χ0n) is 12.0. The second kappa shape index (κ2) is 5.63. The third kappa shape index (κ3) is 2.66. The largest absolute Gasteiger partial charge is 0.497 e. The Morgan fingerprint density at radius 1 is 1.43 bits per heavy atom. The number of amides is 3. The Kier molecular flexibility index (Phi) is 3.68. The number of carbonyl (C=O) groups is 2. The summed E-state index contributed by atoms with van der Waals surface area (Å²) in [5.74, 6) is 0.803. The highest BCUT2D eigenvalue weighted by Crippen LogP contribution is 2.34. The molecule has 2 saturated heterocycles. The summed E-state index contributed by atoms with van der Waals surface area (Å²) in [4.78, 5) is 27.2. The molecule has 2 fully saturated rings. The van der Waals surface area contributed by atoms with Crippen molar-refractivity contribution in [2.24, 2.45) is 0 Å². The highest BCUT2D eigenvalue weighted by Gasteiger charge is 2.35. The van der Waals surface area contributed by atoms with E-state index in [0.29, 0.717) is 13.1 Å². The molecule has 2 aliphatic rings. The van der Waals surface area contributed by atoms with Crippen molar-refractivity contribution in [3.8, 4) is 5.75 Å². The van der Waals surface area contributed by atoms with E-state index in [1.54, 1.807) is 12.0 Å². The van der Waals surface area contributed by atoms with Crippen LogP contribution < -0.4 is 10.1 Å². The Bertz CT molecular complexity index is 561. The van der Waals surface area contributed by atoms with Gasteiger partial charge < -0.3 is 19.9 Å². The SMILES string of the molecule is COc1cccc([C@@H]2CCN2C(=O)CN2CCNC2=O)c1. The minimum Gasteiger partial charge on any atom is -0.497 e. The lowest BCUT2D eigenvalue weighted by Gasteiger charge is -2.42. The molecule has 1 N–H and O–H groups in total. The van der Waals surface area contributed by atoms with Gasteiger partial charge in [-0.2, -0.15) is 0 Å². The van der Waals surface area contributed by atoms with Gasteiger partial charge in [0.15, 0.2) is 0 Å². The van der Waals surface area contributed by atoms with Crippen LogP contribution >= 0.6 is 0 Å². The maximum Gasteiger partial charge on any atom is 0.317 e. The van der Waals surface area contributed by atoms with Gasteiger partial charge in [-0.25, -0.2) is 4.79 Å². The molecule has 2 heterocycles. The zero-order valence-corrected chi connectivity index (χ0v) is 12.0. The smallest absolute Gasteiger partial charge is 0.317 e. The van der Waals surface area contributed by atoms with Crippen LogP contribution in [0.25, 0.3) is 0 Å². The van der Waals surface area contributed by atoms with Crippen LogP contribution in [0.2, 0.25) is 0 Å². The lowest BCUT2D eigenvalue weighted by molar-refractivity contribution is -0.139. The van der Waals surface area contributed by atoms with Crippen LogP contribution in [-0.2, 0) is 4.79 Å². The van der Waals surface area contributed by atoms with Crippen molar-refractivity contribution in [2.45, 2.75) is 12.5 Å². The first-order valence-corrected chi connectivity index (χ1v) is 7.15. The number of benzene rings is 1. The number of urea groups is 1. The van der Waals surface area contributed by atoms with Crippen LogP contribution in [0, 0.1) is 0 Å². The summed E-state index contributed by atoms with van der Waals surface area (Å²) in [5, 5.41) is 2.71. The van der Waals surface area contributed by atoms with Gasteiger partial charge in [0.25, 0.3) is 0 Å². The molecule has 0 aromatic heterocycles. The number of rotatable bonds is 4. The quantitative estimate of drug-likeness (QED) is 0.899. The van der Waals surface area contributed by atoms with Crippen LogP contribution in [0.15, 0.2) is 24.3 Å². The van der Waals surface area contributed by atoms with Crippen LogP contribution in [0.1, 0.15) is 18.0 Å². The van der Waals surface area contributed by atoms with Gasteiger partial charge in [-0.1, -0.05) is 12.1 Å². The Balaban J connectivity index is 1.66. The molecule has 1 aromatic carbocycles. The zero-order chi connectivity index (χ0) is 14.8. The van der Waals surface area contributed by atoms with E-state index in [2.05, 4.69) is 5.32 Å². The summed E-state index contributed by atoms with van der Waals surface area (Å²) in [6.45, 7) is 2.12. The van der Waals surface area contributed by atoms with Gasteiger partial charge in [-0.05, 0) is 24.1 Å². The lowest BCUT2D eigenvalue weighted by atomic mass is 9.94. The van der Waals surface area contributed by atoms with Gasteiger partial charge in [0, 0.05) is 19.6 Å². The van der Waals surface area contributed by atoms with Crippen molar-refractivity contribution in [3.05, 3.63) is 29.8 Å². The molecule has 6 nitrogen and oxygen atoms in total. The molecule has 3 rings (SSSR count). The third-order valence-electron chi connectivity index (χ3n) is 4.09. The predicted octanol–water partition coefficient (Wildman–Crippen LogP) is 0.994. The number of methoxy groups -OCH3 is 1. The van der Waals surface area contributed by atoms with Crippen molar-refractivity contribution in [2.75, 3.05) is 33.3 Å². The number of nitrogens with zero attached hydrogens (tertiary/aromatic N) is 2. The summed E-state index contributed by atoms with van der Waals surface area (Å²) in [6, 6.07) is 7.74. The van der Waals surface area contributed by atoms with Gasteiger partial charge in [0.1, 0.15) is 12.3 Å². The molecule has 1 aromatic rings. The second-order valence-electron chi connectivity index (χ2n) is 5.32. The van der Waals surface area contributed by atoms with E-state index in [4.69, 9.17) is 4.74 Å². The monoisotopic (exact) mass is 289 g/mol. The first kappa shape index (κ1) is 13.7. The van der Waals surface area contributed by atoms with E-state index in [1.807, 2.05) is 29.2 Å². The molecule has 0 aliphatic carbocycles. The molecule has 0 unspecified atom stereocenters. The number of ether oxygens (including phenoxy) is 1. The van der Waals surface area contributed by atoms with Crippen molar-refractivity contribution in [1.29, 1.82) is 0 Å². The first-order chi connectivity index (χ1) is 10.2. The average molecular weight is 289 g/mol. The summed E-state index contributed by atoms with van der Waals surface area (Å²) >= 11 is 0. The average Bonchev–Trinajstić information content (AvgIpc) is 2.83. The number of nitrogens with one attached hydrogen (secondary N) is 1. The minimum absolute atomic E-state index is 0.00567. The molecule has 0 saturated carbocycles. The molecule has 0 radical (unpaired) electrons. The molecule has 6 heteroatoms. The normalized spacial score (nSPS) is 21.0. The van der Waals surface area contributed by atoms with E-state index in [0.717, 1.165) is 24.3 Å². The van der Waals surface area contributed by atoms with Gasteiger partial charge in [-0.15, -0.1) is 0 Å². The predicted molar refractivity (Wildman–Crippen MR) is 77.0 cm³/mol. The molecule has 3 amide bonds. The minimum atomic E-state index is -0.151. The topological polar surface area (TPSA) is 61.9 Å². The van der Waals surface area contributed by atoms with Crippen molar-refractivity contribution in [3.63, 3.8) is 0 Å². The van der Waals surface area contributed by atoms with Gasteiger partial charge in [-0.3, -0.25) is 4.79 Å². The van der Waals surface area contributed by atoms with E-state index in [-0.39, 0.29) is 24.5 Å². The summed E-state index contributed by atoms with van der Waals surface area (Å²) in [7, 11) is 1.63. The van der Waals surface area contributed by atoms with Crippen LogP contribution in [0.3, 0.4) is 0 Å². The van der Waals surface area contributed by atoms with Gasteiger partial charge >= 0.3 is 6.03 Å². The Morgan fingerprint density at radius 3 is 2.90 bits per heavy atom. The fourth-order valence-electron chi connectivity index (χ4n) is 2.80. The summed E-state index contributed by atoms with van der Waals surface area (Å²) in [6.07, 6.45) is 0.950. The fourth-order valence-corrected chi connectivity index (χ4v) is 2.80. The number of hydrogen-bond acceptors (Lipinski definition) is 3. The number of carbonyl (C=O) groups excluding carboxylic acids is 2. The Morgan fingerprint density at radius 2 is 2.29 bits per heavy atom. The maximum absolute atomic E-state index is 12.3. The molecule has 112 valence electrons. The first-order valence-electron chi connectivity index (χ1n) is 7.15. The molecule has 0 bridgehead atoms. The molecular formula is C15H19N3O3. The fraction of sp³-hybridized carbons (Fsp3) is 0.467. The van der Waals surface area contributed by atoms with E-state index >= 15 is 0 Å². The second-order valence-corrected chi connectivity index (χ2v) is 5.32. The summed E-state index contributed by atoms with van der Waals surface area (Å²) < 4.78 is 5.23. The van der Waals surface area contributed by atoms with E-state index in [9.17, 15) is 9.59 Å². The Hall–Kier alpha value is -2.24. The van der Waals surface area contributed by atoms with Crippen molar-refractivity contribution < 1.29 is 14.3 Å². The number of hydrogen-bond donors (Lipinski definition) is 1. The van der Waals surface area contributed by atoms with Crippen LogP contribution in [0.5, 0.6) is 5.75 Å². The lowest BCUT2D eigenvalue weighted by Crippen LogP contribution is -2.49. The molecule has 21 heavy (non-hydrogen) atoms. The number of likely N-dealkylation sites (tertiary alicyclic amines) is 1. The third-order valence-corrected chi connectivity index (χ3v) is 4.09. The highest BCUT2D eigenvalue weighted by atomic mass is 16.5. The molecule has 2 aliphatic heterocycles. The summed E-state index contributed by atoms with van der Waals surface area (Å²) in [5.41, 5.74) is 1.08. The van der Waals surface area contributed by atoms with Crippen LogP contribution in [0.4, 0.5) is 4.79 Å². The van der Waals surface area contributed by atoms with E-state index in [1.165, 1.54) is 0 Å². The van der Waals surface area contributed by atoms with Crippen molar-refractivity contribution >= 4 is 11.9 Å².